The second kappa shape index (κ2) is 10.5. The molecule has 18 heavy (non-hydrogen) atoms. The minimum atomic E-state index is -1.33. The zero-order chi connectivity index (χ0) is 14.8. The van der Waals surface area contributed by atoms with Crippen LogP contribution in [-0.4, -0.2) is 18.5 Å². The average Bonchev–Trinajstić information content (AvgIpc) is 2.65. The molecule has 0 spiro atoms. The topological polar surface area (TPSA) is 12.0 Å². The highest BCUT2D eigenvalue weighted by molar-refractivity contribution is 7.19. The van der Waals surface area contributed by atoms with Crippen LogP contribution in [0.3, 0.4) is 0 Å². The van der Waals surface area contributed by atoms with E-state index in [0.29, 0.717) is 12.0 Å². The Morgan fingerprint density at radius 1 is 1.39 bits per heavy atom. The van der Waals surface area contributed by atoms with Gasteiger partial charge < -0.3 is 5.32 Å². The van der Waals surface area contributed by atoms with Gasteiger partial charge in [-0.2, -0.15) is 0 Å². The summed E-state index contributed by atoms with van der Waals surface area (Å²) in [5.41, 5.74) is 1.68. The molecule has 0 radical (unpaired) electrons. The van der Waals surface area contributed by atoms with E-state index < -0.39 is 5.41 Å². The van der Waals surface area contributed by atoms with E-state index in [2.05, 4.69) is 21.1 Å². The predicted molar refractivity (Wildman–Crippen MR) is 85.7 cm³/mol. The van der Waals surface area contributed by atoms with Crippen molar-refractivity contribution >= 4 is 9.24 Å². The first-order chi connectivity index (χ1) is 8.56. The Hall–Kier alpha value is -0.460. The Kier molecular flexibility index (Phi) is 11.5. The Morgan fingerprint density at radius 3 is 2.22 bits per heavy atom. The molecule has 0 saturated heterocycles. The fourth-order valence-electron chi connectivity index (χ4n) is 1.88. The molecule has 0 fully saturated rings. The summed E-state index contributed by atoms with van der Waals surface area (Å²) in [5.74, 6) is 0. The average molecular weight is 273 g/mol. The maximum atomic E-state index is 14.0. The molecule has 1 N–H and O–H groups in total. The highest BCUT2D eigenvalue weighted by Gasteiger charge is 2.39. The number of hydrogen-bond acceptors (Lipinski definition) is 1. The van der Waals surface area contributed by atoms with Gasteiger partial charge in [0.15, 0.2) is 5.41 Å². The summed E-state index contributed by atoms with van der Waals surface area (Å²) < 4.78 is 14.0. The summed E-state index contributed by atoms with van der Waals surface area (Å²) in [6.45, 7) is 13.6. The first-order valence-corrected chi connectivity index (χ1v) is 7.29. The van der Waals surface area contributed by atoms with Crippen LogP contribution in [0.4, 0.5) is 4.39 Å². The molecule has 106 valence electrons. The molecule has 3 unspecified atom stereocenters. The molecular weight excluding hydrogens is 244 g/mol. The lowest BCUT2D eigenvalue weighted by atomic mass is 10.1. The van der Waals surface area contributed by atoms with Crippen molar-refractivity contribution in [3.63, 3.8) is 0 Å². The summed E-state index contributed by atoms with van der Waals surface area (Å²) in [6, 6.07) is 0.0849. The van der Waals surface area contributed by atoms with Gasteiger partial charge in [0.25, 0.3) is 0 Å². The van der Waals surface area contributed by atoms with Crippen molar-refractivity contribution in [3.8, 4) is 0 Å². The number of halogens is 1. The zero-order valence-corrected chi connectivity index (χ0v) is 13.8. The third-order valence-corrected chi connectivity index (χ3v) is 3.08. The summed E-state index contributed by atoms with van der Waals surface area (Å²) in [6.07, 6.45) is 5.94. The van der Waals surface area contributed by atoms with Crippen LogP contribution in [0, 0.1) is 0 Å². The maximum Gasteiger partial charge on any atom is 0.150 e. The van der Waals surface area contributed by atoms with E-state index in [1.54, 1.807) is 6.08 Å². The smallest absolute Gasteiger partial charge is 0.150 e. The number of hydrogen-bond donors (Lipinski definition) is 1. The van der Waals surface area contributed by atoms with E-state index in [1.807, 2.05) is 53.8 Å². The van der Waals surface area contributed by atoms with Gasteiger partial charge in [-0.3, -0.25) is 0 Å². The van der Waals surface area contributed by atoms with Gasteiger partial charge in [-0.15, -0.1) is 0 Å². The minimum Gasteiger partial charge on any atom is -0.313 e. The Bertz CT molecular complexity index is 293. The van der Waals surface area contributed by atoms with Crippen LogP contribution in [0.5, 0.6) is 0 Å². The highest BCUT2D eigenvalue weighted by Crippen LogP contribution is 2.44. The molecule has 3 heteroatoms. The Labute approximate surface area is 115 Å². The first kappa shape index (κ1) is 19.9. The number of likely N-dealkylation sites (N-methyl/N-ethyl adjacent to an activating group) is 1. The van der Waals surface area contributed by atoms with E-state index >= 15 is 0 Å². The molecule has 0 aromatic rings. The van der Waals surface area contributed by atoms with Crippen LogP contribution in [-0.2, 0) is 0 Å². The van der Waals surface area contributed by atoms with E-state index in [4.69, 9.17) is 0 Å². The minimum absolute atomic E-state index is 0.0849. The number of rotatable bonds is 3. The summed E-state index contributed by atoms with van der Waals surface area (Å²) in [7, 11) is 4.12. The molecule has 0 aliphatic heterocycles. The van der Waals surface area contributed by atoms with Gasteiger partial charge in [-0.05, 0) is 25.1 Å². The van der Waals surface area contributed by atoms with Crippen molar-refractivity contribution in [2.75, 3.05) is 7.05 Å². The Balaban J connectivity index is 0. The summed E-state index contributed by atoms with van der Waals surface area (Å²) in [4.78, 5) is 0. The van der Waals surface area contributed by atoms with Gasteiger partial charge in [0.2, 0.25) is 0 Å². The summed E-state index contributed by atoms with van der Waals surface area (Å²) >= 11 is 0. The van der Waals surface area contributed by atoms with Gasteiger partial charge >= 0.3 is 0 Å². The monoisotopic (exact) mass is 273 g/mol. The van der Waals surface area contributed by atoms with E-state index in [-0.39, 0.29) is 6.04 Å². The van der Waals surface area contributed by atoms with Crippen LogP contribution < -0.4 is 5.32 Å². The second-order valence-corrected chi connectivity index (χ2v) is 4.40. The zero-order valence-electron chi connectivity index (χ0n) is 12.7. The fraction of sp³-hybridized carbons (Fsp3) is 0.600. The molecular formula is C15H29FNP. The van der Waals surface area contributed by atoms with Crippen molar-refractivity contribution in [1.29, 1.82) is 0 Å². The van der Waals surface area contributed by atoms with Gasteiger partial charge in [0.05, 0.1) is 0 Å². The number of alkyl halides is 1. The van der Waals surface area contributed by atoms with E-state index in [1.165, 1.54) is 0 Å². The van der Waals surface area contributed by atoms with E-state index in [9.17, 15) is 4.39 Å². The second-order valence-electron chi connectivity index (χ2n) is 3.48. The van der Waals surface area contributed by atoms with Gasteiger partial charge in [0.1, 0.15) is 0 Å². The SMILES string of the molecule is C=CC1=C(/C=C\C)C(NC)CC1(F)P.CC.CC. The lowest BCUT2D eigenvalue weighted by molar-refractivity contribution is 0.324. The van der Waals surface area contributed by atoms with Crippen LogP contribution >= 0.6 is 9.24 Å². The van der Waals surface area contributed by atoms with Gasteiger partial charge in [0, 0.05) is 12.5 Å². The molecule has 1 rings (SSSR count). The van der Waals surface area contributed by atoms with Crippen molar-refractivity contribution in [2.24, 2.45) is 0 Å². The van der Waals surface area contributed by atoms with Gasteiger partial charge in [-0.1, -0.05) is 61.7 Å². The third-order valence-electron chi connectivity index (χ3n) is 2.53. The molecule has 0 aromatic heterocycles. The standard InChI is InChI=1S/C11H17FNP.2C2H6/c1-4-6-8-9(5-2)11(12,14)7-10(8)13-3;2*1-2/h4-6,10,13H,2,7,14H2,1,3H3;2*1-2H3/b6-4-;;. The molecule has 1 aliphatic rings. The lowest BCUT2D eigenvalue weighted by Crippen LogP contribution is -2.26. The maximum absolute atomic E-state index is 14.0. The molecule has 0 amide bonds. The van der Waals surface area contributed by atoms with Crippen molar-refractivity contribution in [1.82, 2.24) is 5.32 Å². The number of nitrogens with one attached hydrogen (secondary N) is 1. The molecule has 0 heterocycles. The number of allylic oxidation sites excluding steroid dienone is 3. The predicted octanol–water partition coefficient (Wildman–Crippen LogP) is 4.63. The first-order valence-electron chi connectivity index (χ1n) is 6.71. The molecule has 0 saturated carbocycles. The van der Waals surface area contributed by atoms with Crippen LogP contribution in [0.2, 0.25) is 0 Å². The van der Waals surface area contributed by atoms with Crippen LogP contribution in [0.25, 0.3) is 0 Å². The largest absolute Gasteiger partial charge is 0.313 e. The third kappa shape index (κ3) is 5.04. The highest BCUT2D eigenvalue weighted by atomic mass is 31.0. The lowest BCUT2D eigenvalue weighted by Gasteiger charge is -2.15. The molecule has 1 aliphatic carbocycles. The fourth-order valence-corrected chi connectivity index (χ4v) is 2.40. The Morgan fingerprint density at radius 2 is 1.89 bits per heavy atom. The van der Waals surface area contributed by atoms with Crippen LogP contribution in [0.15, 0.2) is 36.0 Å². The van der Waals surface area contributed by atoms with Crippen molar-refractivity contribution in [2.45, 2.75) is 52.5 Å². The summed E-state index contributed by atoms with van der Waals surface area (Å²) in [5, 5.41) is 1.78. The molecule has 0 bridgehead atoms. The molecule has 3 atom stereocenters. The molecule has 1 nitrogen and oxygen atoms in total. The van der Waals surface area contributed by atoms with E-state index in [0.717, 1.165) is 5.57 Å². The van der Waals surface area contributed by atoms with Crippen LogP contribution in [0.1, 0.15) is 41.0 Å². The van der Waals surface area contributed by atoms with Crippen molar-refractivity contribution < 1.29 is 4.39 Å². The quantitative estimate of drug-likeness (QED) is 0.739. The van der Waals surface area contributed by atoms with Gasteiger partial charge in [-0.25, -0.2) is 4.39 Å². The normalized spacial score (nSPS) is 26.3. The molecule has 0 aromatic carbocycles. The van der Waals surface area contributed by atoms with Crippen molar-refractivity contribution in [3.05, 3.63) is 36.0 Å².